The molecule has 2 aromatic carbocycles. The molecule has 0 saturated carbocycles. The van der Waals surface area contributed by atoms with Crippen LogP contribution in [0.4, 0.5) is 4.79 Å². The maximum absolute atomic E-state index is 13.3. The lowest BCUT2D eigenvalue weighted by atomic mass is 9.98. The Balaban J connectivity index is 1.34. The minimum atomic E-state index is -0.533. The second-order valence-corrected chi connectivity index (χ2v) is 10.3. The van der Waals surface area contributed by atoms with Gasteiger partial charge in [-0.3, -0.25) is 19.0 Å². The Morgan fingerprint density at radius 3 is 2.38 bits per heavy atom. The van der Waals surface area contributed by atoms with E-state index in [0.29, 0.717) is 34.8 Å². The minimum Gasteiger partial charge on any atom is -0.360 e. The maximum atomic E-state index is 13.3. The van der Waals surface area contributed by atoms with Crippen LogP contribution in [0.15, 0.2) is 77.9 Å². The van der Waals surface area contributed by atoms with Crippen molar-refractivity contribution in [1.82, 2.24) is 30.0 Å². The van der Waals surface area contributed by atoms with Crippen LogP contribution in [0.2, 0.25) is 5.02 Å². The Hall–Kier alpha value is -4.57. The molecule has 0 bridgehead atoms. The zero-order valence-corrected chi connectivity index (χ0v) is 22.8. The van der Waals surface area contributed by atoms with Crippen molar-refractivity contribution in [2.24, 2.45) is 0 Å². The summed E-state index contributed by atoms with van der Waals surface area (Å²) in [6, 6.07) is 15.7. The monoisotopic (exact) mass is 560 g/mol. The van der Waals surface area contributed by atoms with Gasteiger partial charge in [0.25, 0.3) is 17.4 Å². The average molecular weight is 561 g/mol. The molecule has 3 N–H and O–H groups in total. The van der Waals surface area contributed by atoms with Crippen LogP contribution >= 0.6 is 11.6 Å². The van der Waals surface area contributed by atoms with E-state index >= 15 is 0 Å². The molecule has 2 atom stereocenters. The molecule has 1 fully saturated rings. The number of H-pyrrole nitrogens is 1. The molecule has 0 radical (unpaired) electrons. The van der Waals surface area contributed by atoms with Crippen molar-refractivity contribution in [2.75, 3.05) is 27.2 Å². The van der Waals surface area contributed by atoms with Crippen LogP contribution in [0.3, 0.4) is 0 Å². The minimum absolute atomic E-state index is 0.171. The molecule has 40 heavy (non-hydrogen) atoms. The highest BCUT2D eigenvalue weighted by Crippen LogP contribution is 2.24. The molecule has 206 valence electrons. The summed E-state index contributed by atoms with van der Waals surface area (Å²) in [5, 5.41) is 7.46. The third-order valence-electron chi connectivity index (χ3n) is 7.02. The molecule has 11 heteroatoms. The summed E-state index contributed by atoms with van der Waals surface area (Å²) in [6.07, 6.45) is 3.79. The van der Waals surface area contributed by atoms with Crippen LogP contribution in [0.25, 0.3) is 16.6 Å². The molecule has 4 amide bonds. The van der Waals surface area contributed by atoms with Gasteiger partial charge in [-0.2, -0.15) is 0 Å². The highest BCUT2D eigenvalue weighted by Gasteiger charge is 2.34. The fourth-order valence-electron chi connectivity index (χ4n) is 4.88. The van der Waals surface area contributed by atoms with Gasteiger partial charge in [0.2, 0.25) is 0 Å². The number of hydrogen-bond donors (Lipinski definition) is 3. The van der Waals surface area contributed by atoms with Crippen molar-refractivity contribution < 1.29 is 14.4 Å². The fraction of sp³-hybridized carbons (Fsp3) is 0.241. The van der Waals surface area contributed by atoms with Crippen LogP contribution in [0.1, 0.15) is 27.1 Å². The van der Waals surface area contributed by atoms with E-state index in [1.807, 2.05) is 0 Å². The van der Waals surface area contributed by atoms with Crippen molar-refractivity contribution in [1.29, 1.82) is 0 Å². The van der Waals surface area contributed by atoms with Gasteiger partial charge >= 0.3 is 6.03 Å². The number of likely N-dealkylation sites (tertiary alicyclic amines) is 1. The van der Waals surface area contributed by atoms with E-state index in [9.17, 15) is 19.2 Å². The van der Waals surface area contributed by atoms with Crippen LogP contribution < -0.4 is 16.2 Å². The molecule has 2 aromatic heterocycles. The number of nitrogens with zero attached hydrogens (tertiary/aromatic N) is 3. The van der Waals surface area contributed by atoms with Crippen molar-refractivity contribution in [3.05, 3.63) is 99.6 Å². The van der Waals surface area contributed by atoms with Gasteiger partial charge in [0.15, 0.2) is 0 Å². The Bertz CT molecular complexity index is 1630. The molecule has 4 aromatic rings. The van der Waals surface area contributed by atoms with Crippen LogP contribution in [0.5, 0.6) is 0 Å². The molecule has 1 saturated heterocycles. The van der Waals surface area contributed by atoms with Gasteiger partial charge in [0.1, 0.15) is 0 Å². The molecular weight excluding hydrogens is 532 g/mol. The van der Waals surface area contributed by atoms with Gasteiger partial charge in [-0.1, -0.05) is 23.7 Å². The van der Waals surface area contributed by atoms with E-state index in [1.54, 1.807) is 86.0 Å². The number of rotatable bonds is 5. The molecule has 1 aliphatic heterocycles. The molecule has 1 aliphatic rings. The number of hydrogen-bond acceptors (Lipinski definition) is 4. The lowest BCUT2D eigenvalue weighted by molar-refractivity contribution is 0.0816. The highest BCUT2D eigenvalue weighted by atomic mass is 35.5. The molecule has 2 unspecified atom stereocenters. The van der Waals surface area contributed by atoms with Crippen LogP contribution in [0, 0.1) is 0 Å². The summed E-state index contributed by atoms with van der Waals surface area (Å²) in [7, 11) is 3.35. The predicted octanol–water partition coefficient (Wildman–Crippen LogP) is 3.26. The lowest BCUT2D eigenvalue weighted by Crippen LogP contribution is -2.62. The van der Waals surface area contributed by atoms with Crippen molar-refractivity contribution in [3.63, 3.8) is 0 Å². The summed E-state index contributed by atoms with van der Waals surface area (Å²) < 4.78 is 1.48. The summed E-state index contributed by atoms with van der Waals surface area (Å²) >= 11 is 6.16. The predicted molar refractivity (Wildman–Crippen MR) is 153 cm³/mol. The van der Waals surface area contributed by atoms with Gasteiger partial charge in [-0.15, -0.1) is 0 Å². The molecule has 0 spiro atoms. The number of amides is 4. The van der Waals surface area contributed by atoms with E-state index in [1.165, 1.54) is 15.5 Å². The standard InChI is InChI=1S/C29H29ClN6O4/c1-34(2)29(40)35-14-12-23(32-28(39)19-8-11-21-22(30)16-31-24(21)15-19)25(17-35)33-27(38)18-6-9-20(10-7-18)36-13-4-3-5-26(36)37/h3-11,13,15-16,23,25,31H,12,14,17H2,1-2H3,(H,32,39)(H,33,38). The van der Waals surface area contributed by atoms with Gasteiger partial charge in [-0.05, 0) is 48.9 Å². The summed E-state index contributed by atoms with van der Waals surface area (Å²) in [6.45, 7) is 0.663. The Morgan fingerprint density at radius 1 is 0.950 bits per heavy atom. The normalized spacial score (nSPS) is 16.9. The van der Waals surface area contributed by atoms with E-state index in [-0.39, 0.29) is 29.9 Å². The first-order chi connectivity index (χ1) is 19.2. The van der Waals surface area contributed by atoms with Crippen LogP contribution in [-0.2, 0) is 0 Å². The van der Waals surface area contributed by atoms with Gasteiger partial charge in [0, 0.05) is 73.4 Å². The van der Waals surface area contributed by atoms with Crippen molar-refractivity contribution in [3.8, 4) is 5.69 Å². The summed E-state index contributed by atoms with van der Waals surface area (Å²) in [5.41, 5.74) is 2.05. The Labute approximate surface area is 235 Å². The Morgan fingerprint density at radius 2 is 1.65 bits per heavy atom. The lowest BCUT2D eigenvalue weighted by Gasteiger charge is -2.40. The van der Waals surface area contributed by atoms with Gasteiger partial charge in [-0.25, -0.2) is 4.79 Å². The number of benzene rings is 2. The van der Waals surface area contributed by atoms with E-state index in [0.717, 1.165) is 10.9 Å². The largest absolute Gasteiger partial charge is 0.360 e. The second-order valence-electron chi connectivity index (χ2n) is 9.92. The number of pyridine rings is 1. The smallest absolute Gasteiger partial charge is 0.319 e. The number of aromatic amines is 1. The first-order valence-electron chi connectivity index (χ1n) is 12.8. The van der Waals surface area contributed by atoms with Gasteiger partial charge < -0.3 is 25.4 Å². The second kappa shape index (κ2) is 11.3. The number of piperidine rings is 1. The summed E-state index contributed by atoms with van der Waals surface area (Å²) in [4.78, 5) is 57.5. The number of fused-ring (bicyclic) bond motifs is 1. The average Bonchev–Trinajstić information content (AvgIpc) is 3.33. The quantitative estimate of drug-likeness (QED) is 0.347. The van der Waals surface area contributed by atoms with Gasteiger partial charge in [0.05, 0.1) is 17.1 Å². The number of carbonyl (C=O) groups excluding carboxylic acids is 3. The number of carbonyl (C=O) groups is 3. The number of aromatic nitrogens is 2. The summed E-state index contributed by atoms with van der Waals surface area (Å²) in [5.74, 6) is -0.639. The Kier molecular flexibility index (Phi) is 7.61. The topological polar surface area (TPSA) is 120 Å². The molecular formula is C29H29ClN6O4. The molecule has 0 aliphatic carbocycles. The maximum Gasteiger partial charge on any atom is 0.319 e. The van der Waals surface area contributed by atoms with E-state index < -0.39 is 12.1 Å². The van der Waals surface area contributed by atoms with E-state index in [4.69, 9.17) is 11.6 Å². The van der Waals surface area contributed by atoms with Crippen LogP contribution in [-0.4, -0.2) is 76.5 Å². The zero-order valence-electron chi connectivity index (χ0n) is 22.1. The fourth-order valence-corrected chi connectivity index (χ4v) is 5.10. The van der Waals surface area contributed by atoms with Crippen molar-refractivity contribution in [2.45, 2.75) is 18.5 Å². The molecule has 3 heterocycles. The molecule has 10 nitrogen and oxygen atoms in total. The zero-order chi connectivity index (χ0) is 28.4. The first-order valence-corrected chi connectivity index (χ1v) is 13.2. The SMILES string of the molecule is CN(C)C(=O)N1CCC(NC(=O)c2ccc3c(Cl)c[nH]c3c2)C(NC(=O)c2ccc(-n3ccccc3=O)cc2)C1. The molecule has 5 rings (SSSR count). The number of halogens is 1. The third-order valence-corrected chi connectivity index (χ3v) is 7.34. The van der Waals surface area contributed by atoms with E-state index in [2.05, 4.69) is 15.6 Å². The number of nitrogens with one attached hydrogen (secondary N) is 3. The number of urea groups is 1. The highest BCUT2D eigenvalue weighted by molar-refractivity contribution is 6.35. The third kappa shape index (κ3) is 5.57. The first kappa shape index (κ1) is 27.0. The van der Waals surface area contributed by atoms with Crippen molar-refractivity contribution >= 4 is 40.3 Å².